The summed E-state index contributed by atoms with van der Waals surface area (Å²) in [5.74, 6) is 0. The maximum atomic E-state index is 5.96. The largest absolute Gasteiger partial charge is 0.130 e. The molecule has 0 N–H and O–H groups in total. The van der Waals surface area contributed by atoms with Gasteiger partial charge in [0.25, 0.3) is 0 Å². The molecule has 2 aromatic carbocycles. The Morgan fingerprint density at radius 2 is 1.00 bits per heavy atom. The number of hydrogen-bond acceptors (Lipinski definition) is 6. The molecule has 1 aliphatic heterocycles. The Hall–Kier alpha value is 1.14. The fourth-order valence-electron chi connectivity index (χ4n) is 2.01. The minimum absolute atomic E-state index is 1.29. The number of rotatable bonds is 4. The van der Waals surface area contributed by atoms with Crippen LogP contribution >= 0.6 is 54.4 Å². The van der Waals surface area contributed by atoms with Gasteiger partial charge >= 0.3 is 0 Å². The smallest absolute Gasteiger partial charge is 0.0965 e. The zero-order chi connectivity index (χ0) is 15.8. The summed E-state index contributed by atoms with van der Waals surface area (Å²) in [6, 6.07) is 17.5. The van der Waals surface area contributed by atoms with Crippen LogP contribution < -0.4 is 10.6 Å². The molecular weight excluding hydrogens is 423 g/mol. The molecule has 116 valence electrons. The highest BCUT2D eigenvalue weighted by Crippen LogP contribution is 3.04. The Morgan fingerprint density at radius 3 is 1.27 bits per heavy atom. The Labute approximate surface area is 158 Å². The summed E-state index contributed by atoms with van der Waals surface area (Å²) in [6.07, 6.45) is 4.19. The van der Waals surface area contributed by atoms with Crippen LogP contribution in [0.2, 0.25) is 0 Å². The molecular formula is C14H14P2S6. The van der Waals surface area contributed by atoms with E-state index in [4.69, 9.17) is 23.6 Å². The van der Waals surface area contributed by atoms with Crippen LogP contribution in [-0.2, 0) is 23.6 Å². The van der Waals surface area contributed by atoms with Gasteiger partial charge < -0.3 is 0 Å². The summed E-state index contributed by atoms with van der Waals surface area (Å²) in [4.78, 5) is 2.57. The molecule has 0 radical (unpaired) electrons. The molecule has 1 saturated heterocycles. The molecule has 0 nitrogen and oxygen atoms in total. The van der Waals surface area contributed by atoms with Gasteiger partial charge in [-0.15, -0.1) is 23.5 Å². The van der Waals surface area contributed by atoms with Crippen molar-refractivity contribution in [2.24, 2.45) is 0 Å². The second kappa shape index (κ2) is 7.17. The van der Waals surface area contributed by atoms with Crippen LogP contribution in [0.15, 0.2) is 58.3 Å². The second-order valence-electron chi connectivity index (χ2n) is 4.55. The van der Waals surface area contributed by atoms with Crippen LogP contribution in [0.1, 0.15) is 0 Å². The highest BCUT2D eigenvalue weighted by molar-refractivity contribution is 9.48. The fourth-order valence-corrected chi connectivity index (χ4v) is 45.1. The fraction of sp³-hybridized carbons (Fsp3) is 0.143. The van der Waals surface area contributed by atoms with Crippen molar-refractivity contribution in [1.82, 2.24) is 0 Å². The minimum Gasteiger partial charge on any atom is -0.130 e. The first kappa shape index (κ1) is 17.9. The van der Waals surface area contributed by atoms with Gasteiger partial charge in [0.2, 0.25) is 0 Å². The first-order valence-corrected chi connectivity index (χ1v) is 18.5. The summed E-state index contributed by atoms with van der Waals surface area (Å²) in [7, 11) is 0. The van der Waals surface area contributed by atoms with Crippen LogP contribution in [0, 0.1) is 0 Å². The molecule has 2 aromatic rings. The van der Waals surface area contributed by atoms with Gasteiger partial charge in [-0.05, 0) is 36.8 Å². The lowest BCUT2D eigenvalue weighted by Crippen LogP contribution is -2.08. The van der Waals surface area contributed by atoms with E-state index < -0.39 is 8.88 Å². The van der Waals surface area contributed by atoms with Gasteiger partial charge in [0.15, 0.2) is 0 Å². The normalized spacial score (nSPS) is 27.4. The van der Waals surface area contributed by atoms with Crippen molar-refractivity contribution >= 4 is 88.6 Å². The first-order chi connectivity index (χ1) is 10.5. The molecule has 0 unspecified atom stereocenters. The minimum atomic E-state index is -1.58. The molecule has 1 aliphatic rings. The van der Waals surface area contributed by atoms with E-state index in [1.54, 1.807) is 23.5 Å². The predicted octanol–water partition coefficient (Wildman–Crippen LogP) is 6.18. The summed E-state index contributed by atoms with van der Waals surface area (Å²) < 4.78 is -3.17. The quantitative estimate of drug-likeness (QED) is 0.412. The zero-order valence-corrected chi connectivity index (χ0v) is 18.7. The van der Waals surface area contributed by atoms with Gasteiger partial charge in [-0.2, -0.15) is 0 Å². The van der Waals surface area contributed by atoms with Crippen molar-refractivity contribution in [1.29, 1.82) is 0 Å². The molecule has 1 fully saturated rings. The Morgan fingerprint density at radius 1 is 0.682 bits per heavy atom. The summed E-state index contributed by atoms with van der Waals surface area (Å²) in [5, 5.41) is 2.60. The van der Waals surface area contributed by atoms with Gasteiger partial charge in [0.1, 0.15) is 0 Å². The van der Waals surface area contributed by atoms with Gasteiger partial charge in [-0.3, -0.25) is 0 Å². The maximum absolute atomic E-state index is 5.96. The average molecular weight is 437 g/mol. The van der Waals surface area contributed by atoms with E-state index in [2.05, 4.69) is 61.0 Å². The topological polar surface area (TPSA) is 0 Å². The molecule has 8 heteroatoms. The number of hydrogen-bond donors (Lipinski definition) is 0. The molecule has 0 aromatic heterocycles. The van der Waals surface area contributed by atoms with Crippen molar-refractivity contribution in [3.63, 3.8) is 0 Å². The van der Waals surface area contributed by atoms with E-state index in [1.807, 2.05) is 22.0 Å². The molecule has 0 atom stereocenters. The molecule has 0 spiro atoms. The van der Waals surface area contributed by atoms with Crippen molar-refractivity contribution in [3.8, 4) is 0 Å². The van der Waals surface area contributed by atoms with Crippen LogP contribution in [-0.4, -0.2) is 12.5 Å². The third kappa shape index (κ3) is 3.55. The van der Waals surface area contributed by atoms with E-state index in [0.29, 0.717) is 0 Å². The van der Waals surface area contributed by atoms with E-state index in [-0.39, 0.29) is 0 Å². The molecule has 3 rings (SSSR count). The van der Waals surface area contributed by atoms with Gasteiger partial charge in [-0.1, -0.05) is 69.9 Å². The SMILES string of the molecule is CSc1ccc(P2(=S)SP(=S)(c3ccc(SC)cc3)S2)cc1. The third-order valence-electron chi connectivity index (χ3n) is 3.21. The van der Waals surface area contributed by atoms with E-state index in [9.17, 15) is 0 Å². The number of benzene rings is 2. The zero-order valence-electron chi connectivity index (χ0n) is 12.0. The summed E-state index contributed by atoms with van der Waals surface area (Å²) in [5.41, 5.74) is 0. The standard InChI is InChI=1S/C14H14P2S6/c1-19-13-7-3-11(4-8-13)15(17)21-16(18,22-15)12-5-9-14(20-2)10-6-12/h3-10H,1-2H3. The number of thioether (sulfide) groups is 2. The highest BCUT2D eigenvalue weighted by atomic mass is 33.7. The second-order valence-corrected chi connectivity index (χ2v) is 27.6. The lowest BCUT2D eigenvalue weighted by molar-refractivity contribution is 1.49. The predicted molar refractivity (Wildman–Crippen MR) is 119 cm³/mol. The molecule has 1 heterocycles. The van der Waals surface area contributed by atoms with Crippen LogP contribution in [0.3, 0.4) is 0 Å². The molecule has 0 amide bonds. The first-order valence-electron chi connectivity index (χ1n) is 6.41. The van der Waals surface area contributed by atoms with Crippen LogP contribution in [0.5, 0.6) is 0 Å². The maximum Gasteiger partial charge on any atom is 0.0965 e. The van der Waals surface area contributed by atoms with Crippen molar-refractivity contribution in [3.05, 3.63) is 48.5 Å². The highest BCUT2D eigenvalue weighted by Gasteiger charge is 2.45. The molecule has 22 heavy (non-hydrogen) atoms. The molecule has 0 bridgehead atoms. The van der Waals surface area contributed by atoms with Crippen molar-refractivity contribution in [2.45, 2.75) is 9.79 Å². The average Bonchev–Trinajstić information content (AvgIpc) is 2.53. The van der Waals surface area contributed by atoms with Gasteiger partial charge in [-0.25, -0.2) is 0 Å². The summed E-state index contributed by atoms with van der Waals surface area (Å²) in [6.45, 7) is 0. The molecule has 0 saturated carbocycles. The van der Waals surface area contributed by atoms with Crippen molar-refractivity contribution in [2.75, 3.05) is 12.5 Å². The Balaban J connectivity index is 1.81. The van der Waals surface area contributed by atoms with Gasteiger partial charge in [0, 0.05) is 20.4 Å². The third-order valence-corrected chi connectivity index (χ3v) is 35.9. The Bertz CT molecular complexity index is 689. The van der Waals surface area contributed by atoms with Crippen molar-refractivity contribution < 1.29 is 0 Å². The lowest BCUT2D eigenvalue weighted by atomic mass is 10.4. The van der Waals surface area contributed by atoms with E-state index in [1.165, 1.54) is 20.4 Å². The molecule has 0 aliphatic carbocycles. The van der Waals surface area contributed by atoms with Crippen LogP contribution in [0.4, 0.5) is 0 Å². The summed E-state index contributed by atoms with van der Waals surface area (Å²) >= 11 is 19.3. The van der Waals surface area contributed by atoms with E-state index >= 15 is 0 Å². The van der Waals surface area contributed by atoms with Crippen LogP contribution in [0.25, 0.3) is 0 Å². The van der Waals surface area contributed by atoms with Gasteiger partial charge in [0.05, 0.1) is 8.88 Å². The Kier molecular flexibility index (Phi) is 5.85. The van der Waals surface area contributed by atoms with E-state index in [0.717, 1.165) is 0 Å². The monoisotopic (exact) mass is 436 g/mol. The lowest BCUT2D eigenvalue weighted by Gasteiger charge is -2.40.